The number of nitrogens with zero attached hydrogens (tertiary/aromatic N) is 1. The van der Waals surface area contributed by atoms with E-state index in [0.717, 1.165) is 23.9 Å². The molecule has 3 saturated heterocycles. The highest BCUT2D eigenvalue weighted by Crippen LogP contribution is 2.37. The smallest absolute Gasteiger partial charge is 0.159 e. The first-order valence-corrected chi connectivity index (χ1v) is 8.06. The van der Waals surface area contributed by atoms with Crippen molar-refractivity contribution in [2.45, 2.75) is 38.8 Å². The first-order chi connectivity index (χ1) is 10.2. The lowest BCUT2D eigenvalue weighted by Crippen LogP contribution is -2.56. The van der Waals surface area contributed by atoms with Crippen LogP contribution in [0.2, 0.25) is 0 Å². The SMILES string of the molecule is CC[C@@H]1CN2CC[C@H]1C[C@@H]2CNCc1ccc(F)c(F)c1. The van der Waals surface area contributed by atoms with Gasteiger partial charge in [-0.15, -0.1) is 0 Å². The summed E-state index contributed by atoms with van der Waals surface area (Å²) in [7, 11) is 0. The third-order valence-electron chi connectivity index (χ3n) is 5.23. The fourth-order valence-electron chi connectivity index (χ4n) is 3.96. The summed E-state index contributed by atoms with van der Waals surface area (Å²) in [6.45, 7) is 6.29. The van der Waals surface area contributed by atoms with Gasteiger partial charge in [-0.05, 0) is 48.9 Å². The highest BCUT2D eigenvalue weighted by Gasteiger charge is 2.38. The maximum absolute atomic E-state index is 13.2. The molecule has 21 heavy (non-hydrogen) atoms. The van der Waals surface area contributed by atoms with Crippen LogP contribution < -0.4 is 5.32 Å². The number of benzene rings is 1. The fourth-order valence-corrected chi connectivity index (χ4v) is 3.96. The van der Waals surface area contributed by atoms with Crippen LogP contribution in [0.3, 0.4) is 0 Å². The Morgan fingerprint density at radius 2 is 2.14 bits per heavy atom. The Kier molecular flexibility index (Phi) is 4.55. The summed E-state index contributed by atoms with van der Waals surface area (Å²) in [6, 6.07) is 4.73. The van der Waals surface area contributed by atoms with Crippen LogP contribution >= 0.6 is 0 Å². The Bertz CT molecular complexity index is 492. The number of hydrogen-bond acceptors (Lipinski definition) is 2. The van der Waals surface area contributed by atoms with Crippen molar-refractivity contribution in [3.63, 3.8) is 0 Å². The molecule has 3 aliphatic heterocycles. The van der Waals surface area contributed by atoms with E-state index in [-0.39, 0.29) is 0 Å². The van der Waals surface area contributed by atoms with Crippen LogP contribution in [0.25, 0.3) is 0 Å². The standard InChI is InChI=1S/C17H24F2N2/c1-2-13-11-21-6-5-14(13)8-15(21)10-20-9-12-3-4-16(18)17(19)7-12/h3-4,7,13-15,20H,2,5-6,8-11H2,1H3/t13-,14+,15-/m1/s1. The van der Waals surface area contributed by atoms with Gasteiger partial charge in [0.25, 0.3) is 0 Å². The van der Waals surface area contributed by atoms with Crippen LogP contribution in [0.1, 0.15) is 31.7 Å². The molecule has 2 bridgehead atoms. The van der Waals surface area contributed by atoms with Crippen molar-refractivity contribution in [1.29, 1.82) is 0 Å². The number of rotatable bonds is 5. The zero-order valence-electron chi connectivity index (χ0n) is 12.6. The summed E-state index contributed by atoms with van der Waals surface area (Å²) < 4.78 is 26.0. The van der Waals surface area contributed by atoms with E-state index in [2.05, 4.69) is 17.1 Å². The molecule has 4 heteroatoms. The Morgan fingerprint density at radius 3 is 2.81 bits per heavy atom. The van der Waals surface area contributed by atoms with E-state index in [9.17, 15) is 8.78 Å². The van der Waals surface area contributed by atoms with Gasteiger partial charge in [-0.25, -0.2) is 8.78 Å². The van der Waals surface area contributed by atoms with Crippen LogP contribution in [0.4, 0.5) is 8.78 Å². The molecule has 4 atom stereocenters. The molecule has 1 aromatic rings. The van der Waals surface area contributed by atoms with E-state index < -0.39 is 11.6 Å². The Balaban J connectivity index is 1.49. The maximum atomic E-state index is 13.2. The van der Waals surface area contributed by atoms with Crippen LogP contribution in [0.5, 0.6) is 0 Å². The quantitative estimate of drug-likeness (QED) is 0.897. The molecule has 116 valence electrons. The van der Waals surface area contributed by atoms with Gasteiger partial charge in [0.1, 0.15) is 0 Å². The predicted octanol–water partition coefficient (Wildman–Crippen LogP) is 3.17. The average Bonchev–Trinajstić information content (AvgIpc) is 2.51. The van der Waals surface area contributed by atoms with Crippen molar-refractivity contribution < 1.29 is 8.78 Å². The van der Waals surface area contributed by atoms with Crippen LogP contribution in [-0.4, -0.2) is 30.6 Å². The molecule has 3 fully saturated rings. The zero-order valence-corrected chi connectivity index (χ0v) is 12.6. The minimum Gasteiger partial charge on any atom is -0.311 e. The summed E-state index contributed by atoms with van der Waals surface area (Å²) in [5.41, 5.74) is 0.802. The topological polar surface area (TPSA) is 15.3 Å². The molecule has 0 amide bonds. The highest BCUT2D eigenvalue weighted by atomic mass is 19.2. The molecule has 3 aliphatic rings. The first-order valence-electron chi connectivity index (χ1n) is 8.06. The zero-order chi connectivity index (χ0) is 14.8. The molecule has 0 saturated carbocycles. The summed E-state index contributed by atoms with van der Waals surface area (Å²) >= 11 is 0. The van der Waals surface area contributed by atoms with Crippen molar-refractivity contribution >= 4 is 0 Å². The first kappa shape index (κ1) is 14.9. The van der Waals surface area contributed by atoms with E-state index in [1.807, 2.05) is 0 Å². The molecule has 2 nitrogen and oxygen atoms in total. The average molecular weight is 294 g/mol. The number of hydrogen-bond donors (Lipinski definition) is 1. The van der Waals surface area contributed by atoms with Gasteiger partial charge in [0.2, 0.25) is 0 Å². The van der Waals surface area contributed by atoms with Gasteiger partial charge in [0.15, 0.2) is 11.6 Å². The Labute approximate surface area is 125 Å². The molecule has 0 spiro atoms. The summed E-state index contributed by atoms with van der Waals surface area (Å²) in [4.78, 5) is 2.60. The largest absolute Gasteiger partial charge is 0.311 e. The lowest BCUT2D eigenvalue weighted by Gasteiger charge is -2.50. The second-order valence-corrected chi connectivity index (χ2v) is 6.48. The van der Waals surface area contributed by atoms with Crippen molar-refractivity contribution in [2.24, 2.45) is 11.8 Å². The van der Waals surface area contributed by atoms with Gasteiger partial charge in [-0.1, -0.05) is 19.4 Å². The molecule has 1 aromatic carbocycles. The third kappa shape index (κ3) is 3.27. The van der Waals surface area contributed by atoms with Crippen LogP contribution in [-0.2, 0) is 6.54 Å². The summed E-state index contributed by atoms with van der Waals surface area (Å²) in [6.07, 6.45) is 3.91. The molecule has 4 rings (SSSR count). The fraction of sp³-hybridized carbons (Fsp3) is 0.647. The molecule has 0 radical (unpaired) electrons. The molecule has 1 unspecified atom stereocenters. The molecular formula is C17H24F2N2. The van der Waals surface area contributed by atoms with Crippen molar-refractivity contribution in [3.05, 3.63) is 35.4 Å². The monoisotopic (exact) mass is 294 g/mol. The van der Waals surface area contributed by atoms with Gasteiger partial charge >= 0.3 is 0 Å². The van der Waals surface area contributed by atoms with Gasteiger partial charge in [0, 0.05) is 25.7 Å². The van der Waals surface area contributed by atoms with E-state index >= 15 is 0 Å². The third-order valence-corrected chi connectivity index (χ3v) is 5.23. The van der Waals surface area contributed by atoms with Gasteiger partial charge in [0.05, 0.1) is 0 Å². The Hall–Kier alpha value is -1.00. The summed E-state index contributed by atoms with van der Waals surface area (Å²) in [5, 5.41) is 3.41. The minimum atomic E-state index is -0.778. The molecular weight excluding hydrogens is 270 g/mol. The number of halogens is 2. The highest BCUT2D eigenvalue weighted by molar-refractivity contribution is 5.17. The Morgan fingerprint density at radius 1 is 1.29 bits per heavy atom. The number of nitrogens with one attached hydrogen (secondary N) is 1. The van der Waals surface area contributed by atoms with Gasteiger partial charge < -0.3 is 5.32 Å². The van der Waals surface area contributed by atoms with Gasteiger partial charge in [-0.2, -0.15) is 0 Å². The van der Waals surface area contributed by atoms with Gasteiger partial charge in [-0.3, -0.25) is 4.90 Å². The normalized spacial score (nSPS) is 31.6. The predicted molar refractivity (Wildman–Crippen MR) is 79.9 cm³/mol. The lowest BCUT2D eigenvalue weighted by atomic mass is 9.74. The van der Waals surface area contributed by atoms with E-state index in [1.54, 1.807) is 6.07 Å². The van der Waals surface area contributed by atoms with E-state index in [1.165, 1.54) is 44.5 Å². The van der Waals surface area contributed by atoms with E-state index in [0.29, 0.717) is 12.6 Å². The summed E-state index contributed by atoms with van der Waals surface area (Å²) in [5.74, 6) is 0.219. The van der Waals surface area contributed by atoms with Crippen LogP contribution in [0.15, 0.2) is 18.2 Å². The maximum Gasteiger partial charge on any atom is 0.159 e. The number of fused-ring (bicyclic) bond motifs is 3. The second kappa shape index (κ2) is 6.41. The van der Waals surface area contributed by atoms with E-state index in [4.69, 9.17) is 0 Å². The van der Waals surface area contributed by atoms with Crippen molar-refractivity contribution in [3.8, 4) is 0 Å². The van der Waals surface area contributed by atoms with Crippen molar-refractivity contribution in [1.82, 2.24) is 10.2 Å². The molecule has 3 heterocycles. The molecule has 0 aromatic heterocycles. The molecule has 0 aliphatic carbocycles. The number of piperidine rings is 3. The molecule has 1 N–H and O–H groups in total. The van der Waals surface area contributed by atoms with Crippen LogP contribution in [0, 0.1) is 23.5 Å². The second-order valence-electron chi connectivity index (χ2n) is 6.48. The lowest BCUT2D eigenvalue weighted by molar-refractivity contribution is 0.000331. The van der Waals surface area contributed by atoms with Crippen molar-refractivity contribution in [2.75, 3.05) is 19.6 Å². The minimum absolute atomic E-state index is 0.601.